The van der Waals surface area contributed by atoms with Gasteiger partial charge < -0.3 is 18.3 Å². The van der Waals surface area contributed by atoms with E-state index in [0.717, 1.165) is 17.4 Å². The molecule has 0 spiro atoms. The summed E-state index contributed by atoms with van der Waals surface area (Å²) >= 11 is 0. The number of rotatable bonds is 12. The lowest BCUT2D eigenvalue weighted by Crippen LogP contribution is -2.10. The molecule has 5 nitrogen and oxygen atoms in total. The smallest absolute Gasteiger partial charge is 0.178 e. The molecule has 0 atom stereocenters. The van der Waals surface area contributed by atoms with Crippen molar-refractivity contribution in [2.24, 2.45) is 0 Å². The van der Waals surface area contributed by atoms with E-state index in [9.17, 15) is 9.59 Å². The third kappa shape index (κ3) is 6.68. The highest BCUT2D eigenvalue weighted by Gasteiger charge is 2.23. The standard InChI is InChI=1S/C18H27O5P/c1-5-22-24(23-6-2)13-16(20)18-15(4)12-21-17(18)11-14(3)9-7-8-10-19/h9-10,12H,5-8,11,13H2,1-4H3/b14-9+. The summed E-state index contributed by atoms with van der Waals surface area (Å²) < 4.78 is 16.6. The van der Waals surface area contributed by atoms with Gasteiger partial charge in [0, 0.05) is 12.8 Å². The lowest BCUT2D eigenvalue weighted by Gasteiger charge is -2.15. The lowest BCUT2D eigenvalue weighted by molar-refractivity contribution is -0.107. The molecular formula is C18H27O5P. The number of allylic oxidation sites excluding steroid dienone is 2. The summed E-state index contributed by atoms with van der Waals surface area (Å²) in [6.45, 7) is 8.67. The van der Waals surface area contributed by atoms with Gasteiger partial charge in [0.1, 0.15) is 12.0 Å². The van der Waals surface area contributed by atoms with Crippen LogP contribution < -0.4 is 0 Å². The van der Waals surface area contributed by atoms with Crippen molar-refractivity contribution in [1.29, 1.82) is 0 Å². The zero-order valence-corrected chi connectivity index (χ0v) is 15.9. The van der Waals surface area contributed by atoms with Gasteiger partial charge in [0.25, 0.3) is 0 Å². The van der Waals surface area contributed by atoms with E-state index in [0.29, 0.717) is 43.8 Å². The van der Waals surface area contributed by atoms with Crippen LogP contribution in [0, 0.1) is 6.92 Å². The Kier molecular flexibility index (Phi) is 9.77. The highest BCUT2D eigenvalue weighted by atomic mass is 31.2. The van der Waals surface area contributed by atoms with Crippen molar-refractivity contribution in [2.75, 3.05) is 19.4 Å². The van der Waals surface area contributed by atoms with Crippen LogP contribution in [0.3, 0.4) is 0 Å². The van der Waals surface area contributed by atoms with E-state index in [1.54, 1.807) is 6.26 Å². The molecule has 24 heavy (non-hydrogen) atoms. The van der Waals surface area contributed by atoms with Crippen LogP contribution in [0.1, 0.15) is 55.3 Å². The number of aldehydes is 1. The summed E-state index contributed by atoms with van der Waals surface area (Å²) in [5.74, 6) is 0.658. The maximum Gasteiger partial charge on any atom is 0.178 e. The molecule has 1 aromatic heterocycles. The Morgan fingerprint density at radius 1 is 1.25 bits per heavy atom. The molecule has 0 aromatic carbocycles. The van der Waals surface area contributed by atoms with Crippen LogP contribution >= 0.6 is 8.38 Å². The molecule has 0 aliphatic carbocycles. The number of hydrogen-bond acceptors (Lipinski definition) is 5. The Balaban J connectivity index is 2.83. The lowest BCUT2D eigenvalue weighted by atomic mass is 10.0. The van der Waals surface area contributed by atoms with E-state index < -0.39 is 8.38 Å². The zero-order valence-electron chi connectivity index (χ0n) is 15.0. The minimum atomic E-state index is -1.21. The number of unbranched alkanes of at least 4 members (excludes halogenated alkanes) is 1. The monoisotopic (exact) mass is 354 g/mol. The molecule has 0 saturated carbocycles. The van der Waals surface area contributed by atoms with Gasteiger partial charge >= 0.3 is 0 Å². The van der Waals surface area contributed by atoms with E-state index in [4.69, 9.17) is 13.5 Å². The van der Waals surface area contributed by atoms with Crippen LogP contribution in [0.25, 0.3) is 0 Å². The van der Waals surface area contributed by atoms with Crippen LogP contribution in [0.15, 0.2) is 22.3 Å². The number of carbonyl (C=O) groups excluding carboxylic acids is 2. The topological polar surface area (TPSA) is 65.7 Å². The van der Waals surface area contributed by atoms with Crippen LogP contribution in [0.4, 0.5) is 0 Å². The summed E-state index contributed by atoms with van der Waals surface area (Å²) in [5.41, 5.74) is 2.54. The molecule has 1 heterocycles. The van der Waals surface area contributed by atoms with E-state index in [1.807, 2.05) is 33.8 Å². The predicted octanol–water partition coefficient (Wildman–Crippen LogP) is 4.62. The van der Waals surface area contributed by atoms with Gasteiger partial charge in [-0.05, 0) is 39.7 Å². The first-order valence-corrected chi connectivity index (χ1v) is 9.62. The molecule has 0 N–H and O–H groups in total. The Morgan fingerprint density at radius 3 is 2.50 bits per heavy atom. The van der Waals surface area contributed by atoms with Crippen LogP contribution in [-0.4, -0.2) is 31.4 Å². The van der Waals surface area contributed by atoms with Crippen molar-refractivity contribution < 1.29 is 23.1 Å². The molecule has 0 unspecified atom stereocenters. The summed E-state index contributed by atoms with van der Waals surface area (Å²) in [7, 11) is -1.21. The Morgan fingerprint density at radius 2 is 1.92 bits per heavy atom. The minimum Gasteiger partial charge on any atom is -0.468 e. The second kappa shape index (κ2) is 11.3. The highest BCUT2D eigenvalue weighted by Crippen LogP contribution is 2.39. The fourth-order valence-electron chi connectivity index (χ4n) is 2.34. The van der Waals surface area contributed by atoms with Crippen molar-refractivity contribution in [3.8, 4) is 0 Å². The van der Waals surface area contributed by atoms with Gasteiger partial charge in [-0.3, -0.25) is 4.79 Å². The van der Waals surface area contributed by atoms with Crippen LogP contribution in [0.2, 0.25) is 0 Å². The molecule has 0 amide bonds. The molecule has 0 saturated heterocycles. The fourth-order valence-corrected chi connectivity index (χ4v) is 3.56. The van der Waals surface area contributed by atoms with Crippen molar-refractivity contribution in [3.05, 3.63) is 34.8 Å². The van der Waals surface area contributed by atoms with Gasteiger partial charge in [0.05, 0.1) is 31.2 Å². The first-order chi connectivity index (χ1) is 11.5. The SMILES string of the molecule is CCOP(CC(=O)c1c(C)coc1C/C(C)=C/CCC=O)OCC. The average molecular weight is 354 g/mol. The predicted molar refractivity (Wildman–Crippen MR) is 95.6 cm³/mol. The second-order valence-electron chi connectivity index (χ2n) is 5.44. The third-order valence-electron chi connectivity index (χ3n) is 3.37. The number of aryl methyl sites for hydroxylation is 1. The second-order valence-corrected chi connectivity index (χ2v) is 6.94. The van der Waals surface area contributed by atoms with Crippen LogP contribution in [-0.2, 0) is 20.3 Å². The number of ketones is 1. The largest absolute Gasteiger partial charge is 0.468 e. The third-order valence-corrected chi connectivity index (χ3v) is 5.00. The van der Waals surface area contributed by atoms with Gasteiger partial charge in [0.15, 0.2) is 14.2 Å². The summed E-state index contributed by atoms with van der Waals surface area (Å²) in [5, 5.41) is 0. The van der Waals surface area contributed by atoms with Gasteiger partial charge in [0.2, 0.25) is 0 Å². The highest BCUT2D eigenvalue weighted by molar-refractivity contribution is 7.48. The maximum absolute atomic E-state index is 12.7. The van der Waals surface area contributed by atoms with E-state index in [-0.39, 0.29) is 11.9 Å². The van der Waals surface area contributed by atoms with E-state index >= 15 is 0 Å². The van der Waals surface area contributed by atoms with Crippen molar-refractivity contribution in [1.82, 2.24) is 0 Å². The molecule has 0 aliphatic rings. The first-order valence-electron chi connectivity index (χ1n) is 8.26. The van der Waals surface area contributed by atoms with Gasteiger partial charge in [-0.1, -0.05) is 11.6 Å². The number of furan rings is 1. The molecular weight excluding hydrogens is 327 g/mol. The molecule has 6 heteroatoms. The normalized spacial score (nSPS) is 12.0. The van der Waals surface area contributed by atoms with Gasteiger partial charge in [-0.2, -0.15) is 0 Å². The van der Waals surface area contributed by atoms with Crippen molar-refractivity contribution >= 4 is 20.4 Å². The number of hydrogen-bond donors (Lipinski definition) is 0. The zero-order chi connectivity index (χ0) is 17.9. The molecule has 1 aromatic rings. The quantitative estimate of drug-likeness (QED) is 0.180. The molecule has 0 aliphatic heterocycles. The summed E-state index contributed by atoms with van der Waals surface area (Å²) in [4.78, 5) is 23.1. The minimum absolute atomic E-state index is 0.00930. The number of carbonyl (C=O) groups is 2. The Labute approximate surface area is 145 Å². The number of Topliss-reactive ketones (excluding diaryl/α,β-unsaturated/α-hetero) is 1. The molecule has 134 valence electrons. The van der Waals surface area contributed by atoms with Crippen molar-refractivity contribution in [3.63, 3.8) is 0 Å². The van der Waals surface area contributed by atoms with Crippen LogP contribution in [0.5, 0.6) is 0 Å². The first kappa shape index (κ1) is 20.8. The Bertz CT molecular complexity index is 556. The average Bonchev–Trinajstić information content (AvgIpc) is 2.88. The summed E-state index contributed by atoms with van der Waals surface area (Å²) in [6, 6.07) is 0. The van der Waals surface area contributed by atoms with Gasteiger partial charge in [-0.15, -0.1) is 0 Å². The Hall–Kier alpha value is -1.29. The van der Waals surface area contributed by atoms with Gasteiger partial charge in [-0.25, -0.2) is 0 Å². The maximum atomic E-state index is 12.7. The molecule has 0 radical (unpaired) electrons. The fraction of sp³-hybridized carbons (Fsp3) is 0.556. The molecule has 1 rings (SSSR count). The molecule has 0 fully saturated rings. The van der Waals surface area contributed by atoms with Crippen molar-refractivity contribution in [2.45, 2.75) is 47.0 Å². The van der Waals surface area contributed by atoms with E-state index in [1.165, 1.54) is 0 Å². The van der Waals surface area contributed by atoms with E-state index in [2.05, 4.69) is 0 Å². The summed E-state index contributed by atoms with van der Waals surface area (Å²) in [6.07, 6.45) is 6.54. The molecule has 0 bridgehead atoms.